The fourth-order valence-corrected chi connectivity index (χ4v) is 3.28. The number of hydrogen-bond acceptors (Lipinski definition) is 1. The second-order valence-corrected chi connectivity index (χ2v) is 5.58. The Hall–Kier alpha value is -0.500. The average molecular weight is 296 g/mol. The number of alkyl halides is 1. The molecule has 2 rings (SSSR count). The van der Waals surface area contributed by atoms with Crippen LogP contribution >= 0.6 is 15.9 Å². The molecule has 17 heavy (non-hydrogen) atoms. The summed E-state index contributed by atoms with van der Waals surface area (Å²) in [5.74, 6) is 0. The minimum atomic E-state index is 0.734. The molecule has 0 heterocycles. The van der Waals surface area contributed by atoms with E-state index in [2.05, 4.69) is 52.1 Å². The first-order valence-corrected chi connectivity index (χ1v) is 7.82. The monoisotopic (exact) mass is 295 g/mol. The van der Waals surface area contributed by atoms with E-state index in [0.717, 1.165) is 11.4 Å². The molecular weight excluding hydrogens is 274 g/mol. The van der Waals surface area contributed by atoms with Crippen LogP contribution in [0.4, 0.5) is 5.69 Å². The Morgan fingerprint density at radius 2 is 1.76 bits per heavy atom. The summed E-state index contributed by atoms with van der Waals surface area (Å²) < 4.78 is 0. The van der Waals surface area contributed by atoms with E-state index >= 15 is 0 Å². The number of benzene rings is 1. The normalized spacial score (nSPS) is 17.8. The molecule has 0 bridgehead atoms. The van der Waals surface area contributed by atoms with Crippen molar-refractivity contribution in [2.45, 2.75) is 49.9 Å². The molecule has 0 amide bonds. The molecule has 94 valence electrons. The zero-order valence-corrected chi connectivity index (χ0v) is 12.2. The second-order valence-electron chi connectivity index (χ2n) is 5.02. The van der Waals surface area contributed by atoms with Crippen LogP contribution in [0.5, 0.6) is 0 Å². The zero-order valence-electron chi connectivity index (χ0n) is 10.7. The lowest BCUT2D eigenvalue weighted by atomic mass is 10.1. The van der Waals surface area contributed by atoms with Gasteiger partial charge in [0.15, 0.2) is 0 Å². The first kappa shape index (κ1) is 12.9. The van der Waals surface area contributed by atoms with Crippen molar-refractivity contribution in [3.63, 3.8) is 0 Å². The van der Waals surface area contributed by atoms with E-state index < -0.39 is 0 Å². The van der Waals surface area contributed by atoms with Gasteiger partial charge in [0.05, 0.1) is 0 Å². The van der Waals surface area contributed by atoms with Crippen LogP contribution in [0.25, 0.3) is 0 Å². The van der Waals surface area contributed by atoms with E-state index in [9.17, 15) is 0 Å². The molecule has 1 aliphatic rings. The highest BCUT2D eigenvalue weighted by molar-refractivity contribution is 9.08. The summed E-state index contributed by atoms with van der Waals surface area (Å²) in [6.45, 7) is 0. The number of hydrogen-bond donors (Lipinski definition) is 0. The summed E-state index contributed by atoms with van der Waals surface area (Å²) >= 11 is 3.59. The van der Waals surface area contributed by atoms with Crippen LogP contribution in [-0.4, -0.2) is 13.1 Å². The molecule has 1 fully saturated rings. The van der Waals surface area contributed by atoms with Crippen LogP contribution in [0.3, 0.4) is 0 Å². The summed E-state index contributed by atoms with van der Waals surface area (Å²) in [5, 5.41) is 0.945. The van der Waals surface area contributed by atoms with Crippen molar-refractivity contribution < 1.29 is 0 Å². The number of anilines is 1. The fourth-order valence-electron chi connectivity index (χ4n) is 2.81. The lowest BCUT2D eigenvalue weighted by Crippen LogP contribution is -2.31. The third-order valence-electron chi connectivity index (χ3n) is 3.89. The van der Waals surface area contributed by atoms with Gasteiger partial charge in [0.1, 0.15) is 0 Å². The first-order valence-electron chi connectivity index (χ1n) is 6.69. The van der Waals surface area contributed by atoms with Crippen LogP contribution in [0.15, 0.2) is 24.3 Å². The first-order chi connectivity index (χ1) is 8.33. The molecule has 0 atom stereocenters. The van der Waals surface area contributed by atoms with Crippen LogP contribution in [0.2, 0.25) is 0 Å². The molecule has 0 radical (unpaired) electrons. The molecule has 0 saturated heterocycles. The second kappa shape index (κ2) is 6.44. The Bertz CT molecular complexity index is 343. The molecule has 0 spiro atoms. The Morgan fingerprint density at radius 1 is 1.12 bits per heavy atom. The van der Waals surface area contributed by atoms with Gasteiger partial charge in [0.25, 0.3) is 0 Å². The van der Waals surface area contributed by atoms with Gasteiger partial charge in [0.2, 0.25) is 0 Å². The standard InChI is InChI=1S/C15H22BrN/c1-17(14-9-4-2-3-5-10-14)15-11-7-6-8-13(15)12-16/h6-8,11,14H,2-5,9-10,12H2,1H3. The smallest absolute Gasteiger partial charge is 0.0407 e. The van der Waals surface area contributed by atoms with E-state index in [4.69, 9.17) is 0 Å². The summed E-state index contributed by atoms with van der Waals surface area (Å²) in [7, 11) is 2.26. The lowest BCUT2D eigenvalue weighted by Gasteiger charge is -2.30. The molecule has 1 nitrogen and oxygen atoms in total. The zero-order chi connectivity index (χ0) is 12.1. The Morgan fingerprint density at radius 3 is 2.41 bits per heavy atom. The van der Waals surface area contributed by atoms with Gasteiger partial charge in [-0.15, -0.1) is 0 Å². The minimum Gasteiger partial charge on any atom is -0.371 e. The van der Waals surface area contributed by atoms with E-state index in [1.807, 2.05) is 0 Å². The van der Waals surface area contributed by atoms with Gasteiger partial charge < -0.3 is 4.90 Å². The van der Waals surface area contributed by atoms with Gasteiger partial charge in [-0.25, -0.2) is 0 Å². The lowest BCUT2D eigenvalue weighted by molar-refractivity contribution is 0.552. The number of nitrogens with zero attached hydrogens (tertiary/aromatic N) is 1. The Labute approximate surface area is 113 Å². The quantitative estimate of drug-likeness (QED) is 0.575. The highest BCUT2D eigenvalue weighted by Gasteiger charge is 2.18. The summed E-state index contributed by atoms with van der Waals surface area (Å²) in [6, 6.07) is 9.48. The number of rotatable bonds is 3. The van der Waals surface area contributed by atoms with E-state index in [-0.39, 0.29) is 0 Å². The number of halogens is 1. The average Bonchev–Trinajstić information content (AvgIpc) is 2.66. The molecule has 1 aliphatic carbocycles. The van der Waals surface area contributed by atoms with Gasteiger partial charge in [-0.1, -0.05) is 59.8 Å². The molecule has 0 unspecified atom stereocenters. The third-order valence-corrected chi connectivity index (χ3v) is 4.49. The predicted octanol–water partition coefficient (Wildman–Crippen LogP) is 4.74. The van der Waals surface area contributed by atoms with E-state index in [1.165, 1.54) is 49.8 Å². The summed E-state index contributed by atoms with van der Waals surface area (Å²) in [5.41, 5.74) is 2.80. The summed E-state index contributed by atoms with van der Waals surface area (Å²) in [6.07, 6.45) is 8.34. The van der Waals surface area contributed by atoms with E-state index in [1.54, 1.807) is 0 Å². The Balaban J connectivity index is 2.14. The molecular formula is C15H22BrN. The summed E-state index contributed by atoms with van der Waals surface area (Å²) in [4.78, 5) is 2.50. The van der Waals surface area contributed by atoms with Gasteiger partial charge in [-0.3, -0.25) is 0 Å². The van der Waals surface area contributed by atoms with Gasteiger partial charge in [-0.2, -0.15) is 0 Å². The maximum atomic E-state index is 3.59. The van der Waals surface area contributed by atoms with Crippen molar-refractivity contribution in [3.05, 3.63) is 29.8 Å². The fraction of sp³-hybridized carbons (Fsp3) is 0.600. The molecule has 2 heteroatoms. The molecule has 0 N–H and O–H groups in total. The van der Waals surface area contributed by atoms with Crippen LogP contribution in [0.1, 0.15) is 44.1 Å². The minimum absolute atomic E-state index is 0.734. The van der Waals surface area contributed by atoms with Gasteiger partial charge in [0, 0.05) is 24.1 Å². The molecule has 0 aromatic heterocycles. The van der Waals surface area contributed by atoms with Crippen molar-refractivity contribution >= 4 is 21.6 Å². The highest BCUT2D eigenvalue weighted by atomic mass is 79.9. The largest absolute Gasteiger partial charge is 0.371 e. The van der Waals surface area contributed by atoms with Crippen LogP contribution < -0.4 is 4.90 Å². The number of para-hydroxylation sites is 1. The highest BCUT2D eigenvalue weighted by Crippen LogP contribution is 2.28. The molecule has 0 aliphatic heterocycles. The molecule has 1 saturated carbocycles. The van der Waals surface area contributed by atoms with Gasteiger partial charge >= 0.3 is 0 Å². The molecule has 1 aromatic carbocycles. The predicted molar refractivity (Wildman–Crippen MR) is 79.0 cm³/mol. The van der Waals surface area contributed by atoms with E-state index in [0.29, 0.717) is 0 Å². The Kier molecular flexibility index (Phi) is 4.90. The van der Waals surface area contributed by atoms with Crippen LogP contribution in [-0.2, 0) is 5.33 Å². The third kappa shape index (κ3) is 3.25. The SMILES string of the molecule is CN(c1ccccc1CBr)C1CCCCCC1. The van der Waals surface area contributed by atoms with Crippen molar-refractivity contribution in [2.24, 2.45) is 0 Å². The van der Waals surface area contributed by atoms with Crippen molar-refractivity contribution in [1.29, 1.82) is 0 Å². The van der Waals surface area contributed by atoms with Crippen molar-refractivity contribution in [1.82, 2.24) is 0 Å². The maximum absolute atomic E-state index is 3.59. The van der Waals surface area contributed by atoms with Gasteiger partial charge in [-0.05, 0) is 24.5 Å². The molecule has 1 aromatic rings. The van der Waals surface area contributed by atoms with Crippen molar-refractivity contribution in [3.8, 4) is 0 Å². The topological polar surface area (TPSA) is 3.24 Å². The van der Waals surface area contributed by atoms with Crippen molar-refractivity contribution in [2.75, 3.05) is 11.9 Å². The maximum Gasteiger partial charge on any atom is 0.0407 e. The van der Waals surface area contributed by atoms with Crippen LogP contribution in [0, 0.1) is 0 Å².